The van der Waals surface area contributed by atoms with Gasteiger partial charge in [0.2, 0.25) is 0 Å². The van der Waals surface area contributed by atoms with Crippen LogP contribution in [0.25, 0.3) is 0 Å². The lowest BCUT2D eigenvalue weighted by Crippen LogP contribution is -2.17. The highest BCUT2D eigenvalue weighted by atomic mass is 32.2. The Morgan fingerprint density at radius 1 is 1.33 bits per heavy atom. The minimum Gasteiger partial charge on any atom is -0.476 e. The Morgan fingerprint density at radius 3 is 2.48 bits per heavy atom. The summed E-state index contributed by atoms with van der Waals surface area (Å²) in [5, 5.41) is 14.9. The summed E-state index contributed by atoms with van der Waals surface area (Å²) >= 11 is 0. The molecule has 0 radical (unpaired) electrons. The van der Waals surface area contributed by atoms with Crippen LogP contribution in [0.2, 0.25) is 0 Å². The van der Waals surface area contributed by atoms with Crippen LogP contribution in [0.3, 0.4) is 0 Å². The molecule has 0 saturated carbocycles. The van der Waals surface area contributed by atoms with Crippen LogP contribution in [0, 0.1) is 6.92 Å². The van der Waals surface area contributed by atoms with Gasteiger partial charge in [-0.2, -0.15) is 5.10 Å². The average Bonchev–Trinajstić information content (AvgIpc) is 2.82. The molecule has 2 rings (SSSR count). The van der Waals surface area contributed by atoms with Gasteiger partial charge in [0.1, 0.15) is 4.90 Å². The number of carboxylic acid groups (broad SMARTS) is 1. The van der Waals surface area contributed by atoms with Crippen molar-refractivity contribution in [1.29, 1.82) is 0 Å². The second kappa shape index (κ2) is 5.57. The molecular weight excluding hydrogens is 294 g/mol. The Morgan fingerprint density at radius 2 is 1.95 bits per heavy atom. The maximum atomic E-state index is 12.3. The number of anilines is 1. The van der Waals surface area contributed by atoms with E-state index in [9.17, 15) is 13.2 Å². The maximum Gasteiger partial charge on any atom is 0.357 e. The summed E-state index contributed by atoms with van der Waals surface area (Å²) in [6.07, 6.45) is 0.844. The minimum atomic E-state index is -4.02. The largest absolute Gasteiger partial charge is 0.476 e. The normalized spacial score (nSPS) is 11.3. The summed E-state index contributed by atoms with van der Waals surface area (Å²) in [5.41, 5.74) is 1.09. The van der Waals surface area contributed by atoms with E-state index in [1.807, 2.05) is 6.92 Å². The highest BCUT2D eigenvalue weighted by molar-refractivity contribution is 7.92. The van der Waals surface area contributed by atoms with Crippen LogP contribution in [0.1, 0.15) is 28.7 Å². The smallest absolute Gasteiger partial charge is 0.357 e. The van der Waals surface area contributed by atoms with Crippen molar-refractivity contribution in [2.24, 2.45) is 0 Å². The van der Waals surface area contributed by atoms with Crippen molar-refractivity contribution in [2.75, 3.05) is 4.72 Å². The van der Waals surface area contributed by atoms with Crippen LogP contribution in [0.15, 0.2) is 29.2 Å². The Labute approximate surface area is 122 Å². The third-order valence-corrected chi connectivity index (χ3v) is 4.52. The quantitative estimate of drug-likeness (QED) is 0.779. The lowest BCUT2D eigenvalue weighted by molar-refractivity contribution is 0.0686. The number of aromatic amines is 1. The van der Waals surface area contributed by atoms with E-state index in [0.29, 0.717) is 5.69 Å². The van der Waals surface area contributed by atoms with Crippen LogP contribution in [0.5, 0.6) is 0 Å². The van der Waals surface area contributed by atoms with Gasteiger partial charge in [-0.15, -0.1) is 0 Å². The van der Waals surface area contributed by atoms with Crippen molar-refractivity contribution in [3.8, 4) is 0 Å². The van der Waals surface area contributed by atoms with Gasteiger partial charge in [-0.1, -0.05) is 19.1 Å². The standard InChI is InChI=1S/C13H15N3O4S/c1-3-9-4-6-10(7-5-9)16-21(19,20)12-8(2)14-15-11(12)13(17)18/h4-7,16H,3H2,1-2H3,(H,14,15)(H,17,18). The zero-order chi connectivity index (χ0) is 15.6. The van der Waals surface area contributed by atoms with Crippen LogP contribution in [0.4, 0.5) is 5.69 Å². The predicted molar refractivity (Wildman–Crippen MR) is 76.9 cm³/mol. The second-order valence-electron chi connectivity index (χ2n) is 4.49. The number of sulfonamides is 1. The zero-order valence-corrected chi connectivity index (χ0v) is 12.4. The molecule has 112 valence electrons. The first-order chi connectivity index (χ1) is 9.85. The molecule has 0 saturated heterocycles. The Balaban J connectivity index is 2.38. The maximum absolute atomic E-state index is 12.3. The molecule has 2 aromatic rings. The molecule has 21 heavy (non-hydrogen) atoms. The fourth-order valence-electron chi connectivity index (χ4n) is 1.91. The number of hydrogen-bond acceptors (Lipinski definition) is 4. The lowest BCUT2D eigenvalue weighted by Gasteiger charge is -2.08. The number of aryl methyl sites for hydroxylation is 2. The van der Waals surface area contributed by atoms with Crippen LogP contribution < -0.4 is 4.72 Å². The summed E-state index contributed by atoms with van der Waals surface area (Å²) in [5.74, 6) is -1.40. The van der Waals surface area contributed by atoms with E-state index in [2.05, 4.69) is 14.9 Å². The second-order valence-corrected chi connectivity index (χ2v) is 6.11. The van der Waals surface area contributed by atoms with Crippen LogP contribution >= 0.6 is 0 Å². The molecule has 0 aliphatic heterocycles. The van der Waals surface area contributed by atoms with Gasteiger partial charge in [0.15, 0.2) is 5.69 Å². The van der Waals surface area contributed by atoms with Gasteiger partial charge in [0.05, 0.1) is 5.69 Å². The molecule has 0 bridgehead atoms. The van der Waals surface area contributed by atoms with E-state index >= 15 is 0 Å². The minimum absolute atomic E-state index is 0.171. The molecule has 1 heterocycles. The van der Waals surface area contributed by atoms with Crippen molar-refractivity contribution < 1.29 is 18.3 Å². The number of rotatable bonds is 5. The molecule has 0 aliphatic rings. The molecule has 0 amide bonds. The van der Waals surface area contributed by atoms with E-state index in [-0.39, 0.29) is 10.6 Å². The van der Waals surface area contributed by atoms with Gasteiger partial charge >= 0.3 is 5.97 Å². The van der Waals surface area contributed by atoms with Crippen LogP contribution in [-0.4, -0.2) is 29.7 Å². The van der Waals surface area contributed by atoms with E-state index in [4.69, 9.17) is 5.11 Å². The third-order valence-electron chi connectivity index (χ3n) is 2.98. The summed E-state index contributed by atoms with van der Waals surface area (Å²) in [6.45, 7) is 3.45. The highest BCUT2D eigenvalue weighted by Crippen LogP contribution is 2.21. The fourth-order valence-corrected chi connectivity index (χ4v) is 3.29. The van der Waals surface area contributed by atoms with Gasteiger partial charge in [0, 0.05) is 5.69 Å². The van der Waals surface area contributed by atoms with Crippen molar-refractivity contribution in [1.82, 2.24) is 10.2 Å². The first kappa shape index (κ1) is 15.0. The molecular formula is C13H15N3O4S. The average molecular weight is 309 g/mol. The van der Waals surface area contributed by atoms with Crippen molar-refractivity contribution in [3.63, 3.8) is 0 Å². The predicted octanol–water partition coefficient (Wildman–Crippen LogP) is 1.78. The number of carboxylic acids is 1. The highest BCUT2D eigenvalue weighted by Gasteiger charge is 2.28. The number of nitrogens with zero attached hydrogens (tertiary/aromatic N) is 1. The van der Waals surface area contributed by atoms with E-state index < -0.39 is 21.7 Å². The van der Waals surface area contributed by atoms with Crippen molar-refractivity contribution in [3.05, 3.63) is 41.2 Å². The molecule has 0 unspecified atom stereocenters. The summed E-state index contributed by atoms with van der Waals surface area (Å²) < 4.78 is 27.0. The van der Waals surface area contributed by atoms with Crippen molar-refractivity contribution in [2.45, 2.75) is 25.2 Å². The lowest BCUT2D eigenvalue weighted by atomic mass is 10.2. The molecule has 3 N–H and O–H groups in total. The molecule has 1 aromatic carbocycles. The fraction of sp³-hybridized carbons (Fsp3) is 0.231. The zero-order valence-electron chi connectivity index (χ0n) is 11.5. The first-order valence-electron chi connectivity index (χ1n) is 6.25. The summed E-state index contributed by atoms with van der Waals surface area (Å²) in [4.78, 5) is 10.7. The molecule has 8 heteroatoms. The van der Waals surface area contributed by atoms with Crippen LogP contribution in [-0.2, 0) is 16.4 Å². The Bertz CT molecular complexity index is 763. The number of aromatic carboxylic acids is 1. The van der Waals surface area contributed by atoms with E-state index in [0.717, 1.165) is 12.0 Å². The number of nitrogens with one attached hydrogen (secondary N) is 2. The van der Waals surface area contributed by atoms with E-state index in [1.54, 1.807) is 24.3 Å². The van der Waals surface area contributed by atoms with Gasteiger partial charge < -0.3 is 5.11 Å². The molecule has 1 aromatic heterocycles. The van der Waals surface area contributed by atoms with Crippen molar-refractivity contribution >= 4 is 21.7 Å². The Kier molecular flexibility index (Phi) is 3.99. The molecule has 0 atom stereocenters. The Hall–Kier alpha value is -2.35. The SMILES string of the molecule is CCc1ccc(NS(=O)(=O)c2c(C(=O)O)n[nH]c2C)cc1. The van der Waals surface area contributed by atoms with Gasteiger partial charge in [-0.3, -0.25) is 9.82 Å². The van der Waals surface area contributed by atoms with Gasteiger partial charge in [-0.05, 0) is 31.0 Å². The summed E-state index contributed by atoms with van der Waals surface area (Å²) in [6, 6.07) is 6.87. The molecule has 0 aliphatic carbocycles. The number of H-pyrrole nitrogens is 1. The summed E-state index contributed by atoms with van der Waals surface area (Å²) in [7, 11) is -4.02. The number of carbonyl (C=O) groups is 1. The first-order valence-corrected chi connectivity index (χ1v) is 7.73. The molecule has 7 nitrogen and oxygen atoms in total. The molecule has 0 fully saturated rings. The van der Waals surface area contributed by atoms with Gasteiger partial charge in [-0.25, -0.2) is 13.2 Å². The van der Waals surface area contributed by atoms with E-state index in [1.165, 1.54) is 6.92 Å². The van der Waals surface area contributed by atoms with Gasteiger partial charge in [0.25, 0.3) is 10.0 Å². The number of benzene rings is 1. The monoisotopic (exact) mass is 309 g/mol. The topological polar surface area (TPSA) is 112 Å². The number of hydrogen-bond donors (Lipinski definition) is 3. The third kappa shape index (κ3) is 3.05. The molecule has 0 spiro atoms. The number of aromatic nitrogens is 2.